The summed E-state index contributed by atoms with van der Waals surface area (Å²) in [6.45, 7) is 4.88. The molecule has 1 aliphatic rings. The number of pyridine rings is 1. The minimum Gasteiger partial charge on any atom is -0.201 e. The second-order valence-corrected chi connectivity index (χ2v) is 4.30. The van der Waals surface area contributed by atoms with Crippen LogP contribution in [0.25, 0.3) is 0 Å². The Bertz CT molecular complexity index is 516. The molecular weight excluding hydrogens is 218 g/mol. The third-order valence-corrected chi connectivity index (χ3v) is 2.74. The van der Waals surface area contributed by atoms with Crippen LogP contribution >= 0.6 is 0 Å². The third kappa shape index (κ3) is 4.02. The summed E-state index contributed by atoms with van der Waals surface area (Å²) in [4.78, 5) is 0. The van der Waals surface area contributed by atoms with Gasteiger partial charge < -0.3 is 0 Å². The van der Waals surface area contributed by atoms with Crippen LogP contribution in [0.15, 0.2) is 90.9 Å². The van der Waals surface area contributed by atoms with Crippen LogP contribution in [0.4, 0.5) is 0 Å². The molecule has 90 valence electrons. The van der Waals surface area contributed by atoms with Gasteiger partial charge in [0.1, 0.15) is 0 Å². The maximum absolute atomic E-state index is 3.96. The molecule has 0 aromatic carbocycles. The second kappa shape index (κ2) is 6.55. The Morgan fingerprint density at radius 3 is 2.61 bits per heavy atom. The molecular formula is C17H18N+. The van der Waals surface area contributed by atoms with E-state index in [1.165, 1.54) is 5.57 Å². The maximum Gasteiger partial charge on any atom is 0.170 e. The van der Waals surface area contributed by atoms with Crippen molar-refractivity contribution in [2.75, 3.05) is 0 Å². The lowest BCUT2D eigenvalue weighted by Gasteiger charge is -2.01. The average molecular weight is 236 g/mol. The van der Waals surface area contributed by atoms with Gasteiger partial charge in [0, 0.05) is 12.1 Å². The Morgan fingerprint density at radius 1 is 1.00 bits per heavy atom. The molecule has 0 amide bonds. The second-order valence-electron chi connectivity index (χ2n) is 4.30. The number of aromatic nitrogens is 1. The van der Waals surface area contributed by atoms with Crippen LogP contribution in [0.5, 0.6) is 0 Å². The Morgan fingerprint density at radius 2 is 1.78 bits per heavy atom. The highest BCUT2D eigenvalue weighted by molar-refractivity contribution is 5.33. The van der Waals surface area contributed by atoms with Gasteiger partial charge >= 0.3 is 0 Å². The lowest BCUT2D eigenvalue weighted by molar-refractivity contribution is -0.689. The third-order valence-electron chi connectivity index (χ3n) is 2.74. The topological polar surface area (TPSA) is 3.88 Å². The molecule has 0 radical (unpaired) electrons. The highest BCUT2D eigenvalue weighted by Gasteiger charge is 2.02. The Kier molecular flexibility index (Phi) is 4.48. The van der Waals surface area contributed by atoms with Gasteiger partial charge in [0.15, 0.2) is 18.9 Å². The van der Waals surface area contributed by atoms with E-state index < -0.39 is 0 Å². The molecule has 2 rings (SSSR count). The van der Waals surface area contributed by atoms with Gasteiger partial charge in [0.05, 0.1) is 0 Å². The monoisotopic (exact) mass is 236 g/mol. The van der Waals surface area contributed by atoms with Gasteiger partial charge in [-0.1, -0.05) is 55.2 Å². The van der Waals surface area contributed by atoms with Gasteiger partial charge in [0.25, 0.3) is 0 Å². The molecule has 1 heteroatoms. The molecule has 18 heavy (non-hydrogen) atoms. The predicted octanol–water partition coefficient (Wildman–Crippen LogP) is 3.53. The minimum absolute atomic E-state index is 0.922. The van der Waals surface area contributed by atoms with Crippen molar-refractivity contribution in [3.63, 3.8) is 0 Å². The van der Waals surface area contributed by atoms with E-state index in [2.05, 4.69) is 60.0 Å². The van der Waals surface area contributed by atoms with Gasteiger partial charge in [-0.3, -0.25) is 0 Å². The molecule has 1 nitrogen and oxygen atoms in total. The number of rotatable bonds is 2. The minimum atomic E-state index is 0.922. The Labute approximate surface area is 109 Å². The molecule has 1 aromatic rings. The molecule has 0 aliphatic heterocycles. The quantitative estimate of drug-likeness (QED) is 0.692. The Hall–Kier alpha value is -2.15. The first kappa shape index (κ1) is 12.3. The van der Waals surface area contributed by atoms with Gasteiger partial charge in [-0.15, -0.1) is 0 Å². The van der Waals surface area contributed by atoms with E-state index in [0.29, 0.717) is 0 Å². The summed E-state index contributed by atoms with van der Waals surface area (Å²) < 4.78 is 2.18. The molecule has 0 N–H and O–H groups in total. The lowest BCUT2D eigenvalue weighted by Crippen LogP contribution is -2.33. The van der Waals surface area contributed by atoms with Gasteiger partial charge in [-0.2, -0.15) is 0 Å². The zero-order valence-corrected chi connectivity index (χ0v) is 10.5. The fourth-order valence-corrected chi connectivity index (χ4v) is 1.80. The fraction of sp³-hybridized carbons (Fsp3) is 0.118. The van der Waals surface area contributed by atoms with Crippen LogP contribution in [0.3, 0.4) is 0 Å². The average Bonchev–Trinajstić information content (AvgIpc) is 2.39. The van der Waals surface area contributed by atoms with Crippen molar-refractivity contribution in [1.82, 2.24) is 0 Å². The van der Waals surface area contributed by atoms with Crippen LogP contribution in [0.2, 0.25) is 0 Å². The number of hydrogen-bond donors (Lipinski definition) is 0. The number of nitrogens with zero attached hydrogens (tertiary/aromatic N) is 1. The first-order valence-corrected chi connectivity index (χ1v) is 6.17. The van der Waals surface area contributed by atoms with Crippen molar-refractivity contribution in [3.05, 3.63) is 90.9 Å². The normalized spacial score (nSPS) is 23.8. The maximum atomic E-state index is 3.96. The van der Waals surface area contributed by atoms with Crippen LogP contribution in [-0.4, -0.2) is 0 Å². The van der Waals surface area contributed by atoms with Crippen molar-refractivity contribution in [3.8, 4) is 0 Å². The van der Waals surface area contributed by atoms with Crippen molar-refractivity contribution in [1.29, 1.82) is 0 Å². The predicted molar refractivity (Wildman–Crippen MR) is 75.9 cm³/mol. The molecule has 0 spiro atoms. The van der Waals surface area contributed by atoms with E-state index >= 15 is 0 Å². The molecule has 1 aromatic heterocycles. The summed E-state index contributed by atoms with van der Waals surface area (Å²) in [5.74, 6) is 0. The number of allylic oxidation sites excluding steroid dienone is 9. The van der Waals surface area contributed by atoms with Crippen LogP contribution in [0, 0.1) is 0 Å². The standard InChI is InChI=1S/C17H18N/c1-16-9-4-2-5-11-17(12-8-10-16)15-18-13-6-3-7-14-18/h2-10,12-14H,1,11,15H2/q+1/b5-2-,9-4-,10-8-,17-12+. The molecule has 0 fully saturated rings. The summed E-state index contributed by atoms with van der Waals surface area (Å²) in [5, 5.41) is 0. The highest BCUT2D eigenvalue weighted by Crippen LogP contribution is 2.07. The fourth-order valence-electron chi connectivity index (χ4n) is 1.80. The van der Waals surface area contributed by atoms with Crippen molar-refractivity contribution >= 4 is 0 Å². The van der Waals surface area contributed by atoms with E-state index in [1.54, 1.807) is 0 Å². The van der Waals surface area contributed by atoms with Crippen molar-refractivity contribution in [2.45, 2.75) is 13.0 Å². The zero-order chi connectivity index (χ0) is 12.6. The molecule has 0 saturated carbocycles. The van der Waals surface area contributed by atoms with Crippen LogP contribution in [0.1, 0.15) is 6.42 Å². The van der Waals surface area contributed by atoms with E-state index in [-0.39, 0.29) is 0 Å². The van der Waals surface area contributed by atoms with E-state index in [9.17, 15) is 0 Å². The van der Waals surface area contributed by atoms with Crippen LogP contribution in [-0.2, 0) is 6.54 Å². The molecule has 0 unspecified atom stereocenters. The smallest absolute Gasteiger partial charge is 0.170 e. The first-order chi connectivity index (χ1) is 8.84. The van der Waals surface area contributed by atoms with E-state index in [0.717, 1.165) is 18.5 Å². The van der Waals surface area contributed by atoms with Gasteiger partial charge in [-0.05, 0) is 17.6 Å². The molecule has 1 aliphatic carbocycles. The summed E-state index contributed by atoms with van der Waals surface area (Å²) in [6, 6.07) is 6.14. The van der Waals surface area contributed by atoms with Gasteiger partial charge in [-0.25, -0.2) is 4.57 Å². The van der Waals surface area contributed by atoms with E-state index in [1.807, 2.05) is 24.3 Å². The summed E-state index contributed by atoms with van der Waals surface area (Å²) >= 11 is 0. The zero-order valence-electron chi connectivity index (χ0n) is 10.5. The van der Waals surface area contributed by atoms with Crippen molar-refractivity contribution < 1.29 is 4.57 Å². The number of hydrogen-bond acceptors (Lipinski definition) is 0. The summed E-state index contributed by atoms with van der Waals surface area (Å²) in [6.07, 6.45) is 19.7. The van der Waals surface area contributed by atoms with Crippen LogP contribution < -0.4 is 4.57 Å². The van der Waals surface area contributed by atoms with E-state index in [4.69, 9.17) is 0 Å². The van der Waals surface area contributed by atoms with Crippen molar-refractivity contribution in [2.24, 2.45) is 0 Å². The molecule has 0 atom stereocenters. The lowest BCUT2D eigenvalue weighted by atomic mass is 10.1. The summed E-state index contributed by atoms with van der Waals surface area (Å²) in [7, 11) is 0. The molecule has 1 heterocycles. The summed E-state index contributed by atoms with van der Waals surface area (Å²) in [5.41, 5.74) is 2.39. The van der Waals surface area contributed by atoms with Gasteiger partial charge in [0.2, 0.25) is 0 Å². The largest absolute Gasteiger partial charge is 0.201 e. The first-order valence-electron chi connectivity index (χ1n) is 6.17. The molecule has 0 saturated heterocycles. The highest BCUT2D eigenvalue weighted by atomic mass is 14.9. The molecule has 0 bridgehead atoms. The Balaban J connectivity index is 2.13. The SMILES string of the molecule is C=C1/C=C\C=C/C/C(C[n+]2ccccc2)=C\C=C/1.